The fourth-order valence-corrected chi connectivity index (χ4v) is 9.56. The lowest BCUT2D eigenvalue weighted by atomic mass is 10.1. The number of aryl methyl sites for hydroxylation is 2. The van der Waals surface area contributed by atoms with E-state index in [-0.39, 0.29) is 34.1 Å². The average molecular weight is 831 g/mol. The summed E-state index contributed by atoms with van der Waals surface area (Å²) in [7, 11) is -13.1. The van der Waals surface area contributed by atoms with Gasteiger partial charge in [0.05, 0.1) is 26.6 Å². The van der Waals surface area contributed by atoms with Crippen molar-refractivity contribution in [3.05, 3.63) is 39.2 Å². The van der Waals surface area contributed by atoms with Crippen molar-refractivity contribution < 1.29 is 79.8 Å². The number of nitrogens with zero attached hydrogens (tertiary/aromatic N) is 6. The molecule has 11 atom stereocenters. The Morgan fingerprint density at radius 2 is 1.54 bits per heavy atom. The quantitative estimate of drug-likeness (QED) is 0.0480. The van der Waals surface area contributed by atoms with Gasteiger partial charge in [-0.3, -0.25) is 32.8 Å². The lowest BCUT2D eigenvalue weighted by Crippen LogP contribution is -2.46. The molecule has 4 aromatic heterocycles. The zero-order valence-electron chi connectivity index (χ0n) is 28.3. The lowest BCUT2D eigenvalue weighted by Gasteiger charge is -2.22. The minimum Gasteiger partial charge on any atom is -0.387 e. The number of aliphatic hydroxyl groups is 2. The van der Waals surface area contributed by atoms with Crippen LogP contribution in [0.25, 0.3) is 22.3 Å². The topological polar surface area (TPSA) is 370 Å². The molecule has 6 heterocycles. The molecule has 2 saturated heterocycles. The molecule has 27 nitrogen and oxygen atoms in total. The number of fused-ring (bicyclic) bond motifs is 2. The third kappa shape index (κ3) is 7.99. The molecular formula is C24H35N9O18P3+. The third-order valence-electron chi connectivity index (χ3n) is 8.27. The molecule has 30 heteroatoms. The maximum atomic E-state index is 12.7. The van der Waals surface area contributed by atoms with Crippen molar-refractivity contribution >= 4 is 51.7 Å². The van der Waals surface area contributed by atoms with Gasteiger partial charge in [0, 0.05) is 14.2 Å². The minimum atomic E-state index is -5.95. The number of ether oxygens (including phenoxy) is 4. The standard InChI is InChI=1S/C24H34N9O18P3/c1-9-27-18-12(20(36)28-9)26-7-32(18)23-17(45-4)16(44-3)11(49-23)6-47-53(40,41)51-54(42,43)50-52(38,39)46-5-10-14(34)15(35)22(48-10)33-8-31(2)13-19(33)29-24(25)30-21(13)37/h7-8,10-11,14-17,22-23,34-35H,5-6H2,1-4H3,(H6-,25,27,28,29,30,36,37,38,39,40,41,42,43)/p+1/t10?,11-,14?,15?,16?,17+,22?,23-/m1/s1. The zero-order chi connectivity index (χ0) is 39.5. The fourth-order valence-electron chi connectivity index (χ4n) is 6.03. The summed E-state index contributed by atoms with van der Waals surface area (Å²) in [5.41, 5.74) is 4.58. The molecule has 4 aromatic rings. The van der Waals surface area contributed by atoms with Gasteiger partial charge in [0.2, 0.25) is 11.7 Å². The Bertz CT molecular complexity index is 2310. The number of phosphoric acid groups is 3. The molecule has 2 aliphatic rings. The molecule has 298 valence electrons. The maximum Gasteiger partial charge on any atom is 0.490 e. The van der Waals surface area contributed by atoms with E-state index in [9.17, 15) is 48.2 Å². The normalized spacial score (nSPS) is 29.4. The first-order valence-corrected chi connectivity index (χ1v) is 19.9. The van der Waals surface area contributed by atoms with E-state index in [1.807, 2.05) is 0 Å². The molecule has 8 unspecified atom stereocenters. The van der Waals surface area contributed by atoms with Gasteiger partial charge in [-0.15, -0.1) is 0 Å². The Morgan fingerprint density at radius 1 is 0.907 bits per heavy atom. The molecule has 9 N–H and O–H groups in total. The van der Waals surface area contributed by atoms with Crippen molar-refractivity contribution in [1.82, 2.24) is 34.1 Å². The summed E-state index contributed by atoms with van der Waals surface area (Å²) in [6.07, 6.45) is -8.20. The first-order valence-electron chi connectivity index (χ1n) is 15.4. The lowest BCUT2D eigenvalue weighted by molar-refractivity contribution is -0.745. The van der Waals surface area contributed by atoms with Crippen LogP contribution in [0.15, 0.2) is 22.2 Å². The van der Waals surface area contributed by atoms with E-state index < -0.39 is 96.9 Å². The number of aromatic nitrogens is 8. The summed E-state index contributed by atoms with van der Waals surface area (Å²) in [6.45, 7) is -0.351. The molecular weight excluding hydrogens is 795 g/mol. The Morgan fingerprint density at radius 3 is 2.17 bits per heavy atom. The van der Waals surface area contributed by atoms with E-state index in [4.69, 9.17) is 29.2 Å². The Hall–Kier alpha value is -3.33. The molecule has 0 radical (unpaired) electrons. The number of aliphatic hydroxyl groups excluding tert-OH is 2. The highest BCUT2D eigenvalue weighted by atomic mass is 31.3. The summed E-state index contributed by atoms with van der Waals surface area (Å²) in [4.78, 5) is 72.3. The van der Waals surface area contributed by atoms with Gasteiger partial charge in [0.15, 0.2) is 23.7 Å². The van der Waals surface area contributed by atoms with Gasteiger partial charge >= 0.3 is 29.1 Å². The van der Waals surface area contributed by atoms with Crippen molar-refractivity contribution in [3.63, 3.8) is 0 Å². The molecule has 2 aliphatic heterocycles. The van der Waals surface area contributed by atoms with E-state index in [2.05, 4.69) is 38.1 Å². The minimum absolute atomic E-state index is 0.0131. The van der Waals surface area contributed by atoms with E-state index >= 15 is 0 Å². The SMILES string of the molecule is COC1[C@@H](COP(=O)(O)OP(=O)(O)OP(=O)(O)OCC2OC([n+]3cn(C)c4c(=O)[nH]c(N)nc43)C(O)C2O)O[C@@H](n2cnc3c(=O)[nH]c(C)nc32)[C@H]1OC. The van der Waals surface area contributed by atoms with Gasteiger partial charge in [-0.2, -0.15) is 8.62 Å². The van der Waals surface area contributed by atoms with Crippen LogP contribution in [0, 0.1) is 6.92 Å². The van der Waals surface area contributed by atoms with E-state index in [1.165, 1.54) is 47.6 Å². The number of imidazole rings is 2. The van der Waals surface area contributed by atoms with Crippen LogP contribution in [0.4, 0.5) is 5.95 Å². The van der Waals surface area contributed by atoms with Crippen LogP contribution in [-0.2, 0) is 57.4 Å². The molecule has 0 spiro atoms. The fraction of sp³-hybridized carbons (Fsp3) is 0.583. The summed E-state index contributed by atoms with van der Waals surface area (Å²) < 4.78 is 82.0. The number of anilines is 1. The number of rotatable bonds is 14. The Labute approximate surface area is 301 Å². The molecule has 0 aromatic carbocycles. The smallest absolute Gasteiger partial charge is 0.387 e. The summed E-state index contributed by atoms with van der Waals surface area (Å²) >= 11 is 0. The summed E-state index contributed by atoms with van der Waals surface area (Å²) in [5, 5.41) is 21.2. The number of aromatic amines is 2. The number of hydrogen-bond acceptors (Lipinski definition) is 19. The largest absolute Gasteiger partial charge is 0.490 e. The molecule has 2 fully saturated rings. The van der Waals surface area contributed by atoms with Crippen molar-refractivity contribution in [2.75, 3.05) is 33.2 Å². The maximum absolute atomic E-state index is 12.7. The molecule has 0 amide bonds. The predicted molar refractivity (Wildman–Crippen MR) is 174 cm³/mol. The van der Waals surface area contributed by atoms with Crippen molar-refractivity contribution in [1.29, 1.82) is 0 Å². The van der Waals surface area contributed by atoms with Crippen LogP contribution in [-0.4, -0.2) is 123 Å². The van der Waals surface area contributed by atoms with Crippen molar-refractivity contribution in [2.24, 2.45) is 7.05 Å². The molecule has 6 rings (SSSR count). The second-order valence-corrected chi connectivity index (χ2v) is 16.5. The highest BCUT2D eigenvalue weighted by molar-refractivity contribution is 7.66. The van der Waals surface area contributed by atoms with Crippen LogP contribution in [0.5, 0.6) is 0 Å². The van der Waals surface area contributed by atoms with Gasteiger partial charge in [-0.05, 0) is 6.92 Å². The zero-order valence-corrected chi connectivity index (χ0v) is 31.0. The number of nitrogens with two attached hydrogens (primary N) is 1. The second-order valence-electron chi connectivity index (χ2n) is 11.9. The van der Waals surface area contributed by atoms with Crippen LogP contribution < -0.4 is 21.4 Å². The number of phosphoric ester groups is 2. The van der Waals surface area contributed by atoms with Crippen LogP contribution >= 0.6 is 23.5 Å². The number of nitrogen functional groups attached to an aromatic ring is 1. The highest BCUT2D eigenvalue weighted by Crippen LogP contribution is 2.67. The second kappa shape index (κ2) is 15.0. The molecule has 0 saturated carbocycles. The molecule has 0 bridgehead atoms. The van der Waals surface area contributed by atoms with Gasteiger partial charge in [-0.1, -0.05) is 4.98 Å². The van der Waals surface area contributed by atoms with E-state index in [0.29, 0.717) is 0 Å². The third-order valence-corrected chi connectivity index (χ3v) is 12.5. The Kier molecular flexibility index (Phi) is 11.2. The number of methoxy groups -OCH3 is 2. The number of H-pyrrole nitrogens is 2. The number of nitrogens with one attached hydrogen (secondary N) is 2. The van der Waals surface area contributed by atoms with Gasteiger partial charge < -0.3 is 54.6 Å². The Balaban J connectivity index is 1.07. The van der Waals surface area contributed by atoms with E-state index in [0.717, 1.165) is 0 Å². The highest BCUT2D eigenvalue weighted by Gasteiger charge is 2.51. The first kappa shape index (κ1) is 40.3. The summed E-state index contributed by atoms with van der Waals surface area (Å²) in [5.74, 6) is 0.00609. The van der Waals surface area contributed by atoms with Gasteiger partial charge in [-0.25, -0.2) is 28.2 Å². The number of hydrogen-bond donors (Lipinski definition) is 8. The van der Waals surface area contributed by atoms with Crippen molar-refractivity contribution in [3.8, 4) is 0 Å². The first-order chi connectivity index (χ1) is 25.2. The molecule has 0 aliphatic carbocycles. The summed E-state index contributed by atoms with van der Waals surface area (Å²) in [6, 6.07) is 0. The van der Waals surface area contributed by atoms with Gasteiger partial charge in [0.1, 0.15) is 42.4 Å². The van der Waals surface area contributed by atoms with E-state index in [1.54, 1.807) is 6.92 Å². The average Bonchev–Trinajstić information content (AvgIpc) is 3.80. The predicted octanol–water partition coefficient (Wildman–Crippen LogP) is -2.51. The van der Waals surface area contributed by atoms with Crippen molar-refractivity contribution in [2.45, 2.75) is 56.0 Å². The monoisotopic (exact) mass is 830 g/mol. The van der Waals surface area contributed by atoms with Gasteiger partial charge in [0.25, 0.3) is 17.1 Å². The van der Waals surface area contributed by atoms with Crippen LogP contribution in [0.2, 0.25) is 0 Å². The van der Waals surface area contributed by atoms with Crippen LogP contribution in [0.1, 0.15) is 18.3 Å². The van der Waals surface area contributed by atoms with Crippen LogP contribution in [0.3, 0.4) is 0 Å². The molecule has 54 heavy (non-hydrogen) atoms.